The zero-order valence-corrected chi connectivity index (χ0v) is 13.3. The maximum atomic E-state index is 12.1. The average Bonchev–Trinajstić information content (AvgIpc) is 3.06. The Labute approximate surface area is 127 Å². The Balaban J connectivity index is 0.00000162. The highest BCUT2D eigenvalue weighted by Crippen LogP contribution is 2.34. The number of carbonyl (C=O) groups is 1. The molecule has 0 aromatic rings. The van der Waals surface area contributed by atoms with E-state index in [2.05, 4.69) is 11.8 Å². The molecular weight excluding hydrogens is 289 g/mol. The van der Waals surface area contributed by atoms with E-state index in [4.69, 9.17) is 10.5 Å². The largest absolute Gasteiger partial charge is 0.383 e. The van der Waals surface area contributed by atoms with Crippen LogP contribution in [0, 0.1) is 0 Å². The summed E-state index contributed by atoms with van der Waals surface area (Å²) in [6, 6.07) is 0.394. The molecule has 2 aliphatic rings. The van der Waals surface area contributed by atoms with E-state index in [1.807, 2.05) is 4.90 Å². The number of ether oxygens (including phenoxy) is 1. The lowest BCUT2D eigenvalue weighted by atomic mass is 10.1. The summed E-state index contributed by atoms with van der Waals surface area (Å²) in [5, 5.41) is 0. The molecule has 1 unspecified atom stereocenters. The number of nitrogens with two attached hydrogens (primary N) is 1. The highest BCUT2D eigenvalue weighted by atomic mass is 35.5. The summed E-state index contributed by atoms with van der Waals surface area (Å²) in [5.41, 5.74) is 5.44. The average molecular weight is 314 g/mol. The van der Waals surface area contributed by atoms with Gasteiger partial charge in [-0.25, -0.2) is 0 Å². The number of hydrogen-bond acceptors (Lipinski definition) is 4. The van der Waals surface area contributed by atoms with Crippen molar-refractivity contribution in [1.82, 2.24) is 9.80 Å². The first-order chi connectivity index (χ1) is 8.07. The molecule has 1 heterocycles. The van der Waals surface area contributed by atoms with Gasteiger partial charge in [0.1, 0.15) is 0 Å². The van der Waals surface area contributed by atoms with Gasteiger partial charge in [-0.3, -0.25) is 9.69 Å². The fourth-order valence-corrected chi connectivity index (χ4v) is 2.38. The molecule has 1 aliphatic heterocycles. The number of methoxy groups -OCH3 is 1. The van der Waals surface area contributed by atoms with E-state index < -0.39 is 5.54 Å². The van der Waals surface area contributed by atoms with E-state index in [0.717, 1.165) is 45.6 Å². The van der Waals surface area contributed by atoms with Crippen LogP contribution in [0.5, 0.6) is 0 Å². The van der Waals surface area contributed by atoms with Crippen molar-refractivity contribution in [3.8, 4) is 0 Å². The van der Waals surface area contributed by atoms with Crippen LogP contribution in [0.15, 0.2) is 0 Å². The summed E-state index contributed by atoms with van der Waals surface area (Å²) in [7, 11) is 1.72. The van der Waals surface area contributed by atoms with Gasteiger partial charge in [-0.05, 0) is 19.8 Å². The van der Waals surface area contributed by atoms with Gasteiger partial charge in [0.05, 0.1) is 12.1 Å². The first-order valence-electron chi connectivity index (χ1n) is 6.38. The molecule has 0 spiro atoms. The molecule has 1 amide bonds. The minimum absolute atomic E-state index is 0. The van der Waals surface area contributed by atoms with Gasteiger partial charge in [-0.1, -0.05) is 0 Å². The SMILES string of the molecule is COCCN1CCN(C(=O)C2(N)CC2)CC1C.Cl.Cl. The van der Waals surface area contributed by atoms with Crippen LogP contribution in [0.25, 0.3) is 0 Å². The lowest BCUT2D eigenvalue weighted by Gasteiger charge is -2.40. The molecule has 5 nitrogen and oxygen atoms in total. The summed E-state index contributed by atoms with van der Waals surface area (Å²) in [4.78, 5) is 16.4. The number of nitrogens with zero attached hydrogens (tertiary/aromatic N) is 2. The predicted molar refractivity (Wildman–Crippen MR) is 80.1 cm³/mol. The van der Waals surface area contributed by atoms with Gasteiger partial charge < -0.3 is 15.4 Å². The van der Waals surface area contributed by atoms with Crippen LogP contribution in [0.2, 0.25) is 0 Å². The smallest absolute Gasteiger partial charge is 0.242 e. The third-order valence-electron chi connectivity index (χ3n) is 3.85. The van der Waals surface area contributed by atoms with Crippen molar-refractivity contribution in [1.29, 1.82) is 0 Å². The Kier molecular flexibility index (Phi) is 7.62. The molecule has 1 saturated heterocycles. The predicted octanol–water partition coefficient (Wildman–Crippen LogP) is 0.500. The second kappa shape index (κ2) is 7.64. The second-order valence-corrected chi connectivity index (χ2v) is 5.29. The lowest BCUT2D eigenvalue weighted by Crippen LogP contribution is -2.57. The molecule has 1 aliphatic carbocycles. The highest BCUT2D eigenvalue weighted by molar-refractivity contribution is 5.89. The van der Waals surface area contributed by atoms with Crippen molar-refractivity contribution in [2.24, 2.45) is 5.73 Å². The third kappa shape index (κ3) is 4.46. The number of carbonyl (C=O) groups excluding carboxylic acids is 1. The maximum Gasteiger partial charge on any atom is 0.242 e. The van der Waals surface area contributed by atoms with E-state index in [0.29, 0.717) is 6.04 Å². The van der Waals surface area contributed by atoms with E-state index in [1.165, 1.54) is 0 Å². The first-order valence-corrected chi connectivity index (χ1v) is 6.38. The zero-order chi connectivity index (χ0) is 12.5. The molecule has 0 aromatic carbocycles. The maximum absolute atomic E-state index is 12.1. The topological polar surface area (TPSA) is 58.8 Å². The van der Waals surface area contributed by atoms with Crippen molar-refractivity contribution in [2.45, 2.75) is 31.3 Å². The highest BCUT2D eigenvalue weighted by Gasteiger charge is 2.48. The van der Waals surface area contributed by atoms with Gasteiger partial charge in [0.25, 0.3) is 0 Å². The Morgan fingerprint density at radius 1 is 1.37 bits per heavy atom. The lowest BCUT2D eigenvalue weighted by molar-refractivity contribution is -0.136. The molecule has 0 aromatic heterocycles. The Hall–Kier alpha value is -0.0700. The zero-order valence-electron chi connectivity index (χ0n) is 11.6. The molecule has 1 atom stereocenters. The van der Waals surface area contributed by atoms with Crippen molar-refractivity contribution < 1.29 is 9.53 Å². The van der Waals surface area contributed by atoms with Gasteiger partial charge in [-0.2, -0.15) is 0 Å². The summed E-state index contributed by atoms with van der Waals surface area (Å²) >= 11 is 0. The molecule has 0 bridgehead atoms. The number of halogens is 2. The molecule has 1 saturated carbocycles. The Morgan fingerprint density at radius 3 is 2.47 bits per heavy atom. The van der Waals surface area contributed by atoms with Crippen molar-refractivity contribution in [2.75, 3.05) is 39.9 Å². The van der Waals surface area contributed by atoms with E-state index >= 15 is 0 Å². The minimum atomic E-state index is -0.519. The standard InChI is InChI=1S/C12H23N3O2.2ClH/c1-10-9-15(11(16)12(13)3-4-12)6-5-14(10)7-8-17-2;;/h10H,3-9,13H2,1-2H3;2*1H. The van der Waals surface area contributed by atoms with Crippen LogP contribution < -0.4 is 5.73 Å². The summed E-state index contributed by atoms with van der Waals surface area (Å²) in [6.45, 7) is 6.36. The van der Waals surface area contributed by atoms with Crippen LogP contribution in [0.3, 0.4) is 0 Å². The number of hydrogen-bond donors (Lipinski definition) is 1. The Bertz CT molecular complexity index is 301. The molecule has 19 heavy (non-hydrogen) atoms. The summed E-state index contributed by atoms with van der Waals surface area (Å²) in [6.07, 6.45) is 1.70. The molecule has 114 valence electrons. The van der Waals surface area contributed by atoms with Crippen LogP contribution >= 0.6 is 24.8 Å². The fraction of sp³-hybridized carbons (Fsp3) is 0.917. The molecule has 2 fully saturated rings. The van der Waals surface area contributed by atoms with Gasteiger partial charge >= 0.3 is 0 Å². The van der Waals surface area contributed by atoms with E-state index in [9.17, 15) is 4.79 Å². The molecule has 7 heteroatoms. The van der Waals surface area contributed by atoms with E-state index in [-0.39, 0.29) is 30.7 Å². The first kappa shape index (κ1) is 18.9. The quantitative estimate of drug-likeness (QED) is 0.821. The molecule has 2 N–H and O–H groups in total. The van der Waals surface area contributed by atoms with Crippen molar-refractivity contribution in [3.05, 3.63) is 0 Å². The monoisotopic (exact) mass is 313 g/mol. The summed E-state index contributed by atoms with van der Waals surface area (Å²) < 4.78 is 5.09. The van der Waals surface area contributed by atoms with Gasteiger partial charge in [-0.15, -0.1) is 24.8 Å². The van der Waals surface area contributed by atoms with Gasteiger partial charge in [0.15, 0.2) is 0 Å². The fourth-order valence-electron chi connectivity index (χ4n) is 2.38. The minimum Gasteiger partial charge on any atom is -0.383 e. The van der Waals surface area contributed by atoms with Crippen LogP contribution in [-0.4, -0.2) is 67.2 Å². The van der Waals surface area contributed by atoms with Gasteiger partial charge in [0.2, 0.25) is 5.91 Å². The van der Waals surface area contributed by atoms with Crippen molar-refractivity contribution in [3.63, 3.8) is 0 Å². The normalized spacial score (nSPS) is 25.2. The van der Waals surface area contributed by atoms with Gasteiger partial charge in [0, 0.05) is 39.3 Å². The summed E-state index contributed by atoms with van der Waals surface area (Å²) in [5.74, 6) is 0.149. The third-order valence-corrected chi connectivity index (χ3v) is 3.85. The van der Waals surface area contributed by atoms with Crippen LogP contribution in [0.4, 0.5) is 0 Å². The second-order valence-electron chi connectivity index (χ2n) is 5.29. The number of amides is 1. The Morgan fingerprint density at radius 2 is 2.00 bits per heavy atom. The number of piperazine rings is 1. The molecular formula is C12H25Cl2N3O2. The van der Waals surface area contributed by atoms with Crippen LogP contribution in [0.1, 0.15) is 19.8 Å². The van der Waals surface area contributed by atoms with Crippen molar-refractivity contribution >= 4 is 30.7 Å². The van der Waals surface area contributed by atoms with Crippen LogP contribution in [-0.2, 0) is 9.53 Å². The molecule has 2 rings (SSSR count). The molecule has 0 radical (unpaired) electrons. The number of rotatable bonds is 4. The van der Waals surface area contributed by atoms with E-state index in [1.54, 1.807) is 7.11 Å².